The fourth-order valence-corrected chi connectivity index (χ4v) is 2.48. The van der Waals surface area contributed by atoms with Crippen LogP contribution in [0.3, 0.4) is 0 Å². The van der Waals surface area contributed by atoms with Gasteiger partial charge in [-0.2, -0.15) is 5.10 Å². The van der Waals surface area contributed by atoms with Gasteiger partial charge in [0.1, 0.15) is 18.3 Å². The maximum absolute atomic E-state index is 12.3. The van der Waals surface area contributed by atoms with Crippen LogP contribution in [0.5, 0.6) is 5.75 Å². The first-order valence-corrected chi connectivity index (χ1v) is 8.45. The molecule has 0 saturated carbocycles. The molecule has 144 valence electrons. The fourth-order valence-electron chi connectivity index (χ4n) is 2.48. The smallest absolute Gasteiger partial charge is 0.328 e. The number of hydrogen-bond acceptors (Lipinski definition) is 6. The molecule has 0 aliphatic rings. The van der Waals surface area contributed by atoms with Crippen molar-refractivity contribution in [3.8, 4) is 17.0 Å². The van der Waals surface area contributed by atoms with Crippen molar-refractivity contribution in [2.75, 3.05) is 14.2 Å². The molecule has 1 atom stereocenters. The van der Waals surface area contributed by atoms with Gasteiger partial charge in [0.05, 0.1) is 19.9 Å². The van der Waals surface area contributed by atoms with Gasteiger partial charge >= 0.3 is 5.97 Å². The molecule has 1 aromatic heterocycles. The van der Waals surface area contributed by atoms with Crippen LogP contribution in [0.15, 0.2) is 41.2 Å². The van der Waals surface area contributed by atoms with E-state index >= 15 is 0 Å². The quantitative estimate of drug-likeness (QED) is 0.733. The summed E-state index contributed by atoms with van der Waals surface area (Å²) in [5.41, 5.74) is 0.851. The van der Waals surface area contributed by atoms with Gasteiger partial charge in [-0.15, -0.1) is 0 Å². The average Bonchev–Trinajstić information content (AvgIpc) is 2.67. The van der Waals surface area contributed by atoms with Crippen LogP contribution in [-0.2, 0) is 20.9 Å². The van der Waals surface area contributed by atoms with Gasteiger partial charge in [-0.25, -0.2) is 9.48 Å². The molecule has 1 aromatic carbocycles. The van der Waals surface area contributed by atoms with E-state index in [1.54, 1.807) is 39.2 Å². The van der Waals surface area contributed by atoms with Gasteiger partial charge in [0.25, 0.3) is 5.56 Å². The zero-order chi connectivity index (χ0) is 20.0. The summed E-state index contributed by atoms with van der Waals surface area (Å²) in [5.74, 6) is -0.544. The lowest BCUT2D eigenvalue weighted by atomic mass is 10.0. The molecule has 0 radical (unpaired) electrons. The summed E-state index contributed by atoms with van der Waals surface area (Å²) in [4.78, 5) is 36.2. The molecule has 1 N–H and O–H groups in total. The number of esters is 1. The Bertz CT molecular complexity index is 876. The van der Waals surface area contributed by atoms with Crippen molar-refractivity contribution < 1.29 is 19.1 Å². The standard InChI is InChI=1S/C19H23N3O5/c1-12(2)18(19(25)27-4)20-16(23)11-22-17(24)9-8-15(21-22)13-6-5-7-14(10-13)26-3/h5-10,12,18H,11H2,1-4H3,(H,20,23)/t18-/m0/s1. The molecular formula is C19H23N3O5. The maximum Gasteiger partial charge on any atom is 0.328 e. The fraction of sp³-hybridized carbons (Fsp3) is 0.368. The summed E-state index contributed by atoms with van der Waals surface area (Å²) in [5, 5.41) is 6.83. The Labute approximate surface area is 157 Å². The highest BCUT2D eigenvalue weighted by Crippen LogP contribution is 2.21. The molecule has 8 nitrogen and oxygen atoms in total. The summed E-state index contributed by atoms with van der Waals surface area (Å²) in [7, 11) is 2.82. The van der Waals surface area contributed by atoms with Crippen LogP contribution in [0.4, 0.5) is 0 Å². The number of carbonyl (C=O) groups is 2. The molecule has 0 unspecified atom stereocenters. The number of amides is 1. The molecule has 2 rings (SSSR count). The number of nitrogens with zero attached hydrogens (tertiary/aromatic N) is 2. The first-order valence-electron chi connectivity index (χ1n) is 8.45. The van der Waals surface area contributed by atoms with E-state index in [4.69, 9.17) is 9.47 Å². The lowest BCUT2D eigenvalue weighted by Crippen LogP contribution is -2.47. The minimum atomic E-state index is -0.792. The zero-order valence-electron chi connectivity index (χ0n) is 15.8. The van der Waals surface area contributed by atoms with Gasteiger partial charge in [-0.1, -0.05) is 26.0 Å². The summed E-state index contributed by atoms with van der Waals surface area (Å²) >= 11 is 0. The van der Waals surface area contributed by atoms with Crippen LogP contribution < -0.4 is 15.6 Å². The lowest BCUT2D eigenvalue weighted by Gasteiger charge is -2.19. The second-order valence-electron chi connectivity index (χ2n) is 6.26. The van der Waals surface area contributed by atoms with Gasteiger partial charge in [0.15, 0.2) is 0 Å². The normalized spacial score (nSPS) is 11.7. The molecular weight excluding hydrogens is 350 g/mol. The minimum absolute atomic E-state index is 0.158. The second kappa shape index (κ2) is 8.98. The third-order valence-corrected chi connectivity index (χ3v) is 3.96. The Morgan fingerprint density at radius 1 is 1.19 bits per heavy atom. The minimum Gasteiger partial charge on any atom is -0.497 e. The SMILES string of the molecule is COC(=O)[C@@H](NC(=O)Cn1nc(-c2cccc(OC)c2)ccc1=O)C(C)C. The third kappa shape index (κ3) is 5.16. The number of hydrogen-bond donors (Lipinski definition) is 1. The predicted molar refractivity (Wildman–Crippen MR) is 99.3 cm³/mol. The van der Waals surface area contributed by atoms with E-state index in [0.29, 0.717) is 11.4 Å². The summed E-state index contributed by atoms with van der Waals surface area (Å²) in [6.07, 6.45) is 0. The highest BCUT2D eigenvalue weighted by Gasteiger charge is 2.25. The Hall–Kier alpha value is -3.16. The first-order chi connectivity index (χ1) is 12.8. The lowest BCUT2D eigenvalue weighted by molar-refractivity contribution is -0.146. The number of nitrogens with one attached hydrogen (secondary N) is 1. The van der Waals surface area contributed by atoms with E-state index in [1.807, 2.05) is 12.1 Å². The first kappa shape index (κ1) is 20.2. The molecule has 0 aliphatic carbocycles. The monoisotopic (exact) mass is 373 g/mol. The van der Waals surface area contributed by atoms with E-state index in [1.165, 1.54) is 13.2 Å². The number of ether oxygens (including phenoxy) is 2. The second-order valence-corrected chi connectivity index (χ2v) is 6.26. The van der Waals surface area contributed by atoms with Gasteiger partial charge in [-0.05, 0) is 24.1 Å². The third-order valence-electron chi connectivity index (χ3n) is 3.96. The molecule has 0 fully saturated rings. The largest absolute Gasteiger partial charge is 0.497 e. The Morgan fingerprint density at radius 2 is 1.93 bits per heavy atom. The number of rotatable bonds is 7. The molecule has 0 bridgehead atoms. The Balaban J connectivity index is 2.22. The zero-order valence-corrected chi connectivity index (χ0v) is 15.8. The topological polar surface area (TPSA) is 99.5 Å². The van der Waals surface area contributed by atoms with E-state index in [9.17, 15) is 14.4 Å². The number of methoxy groups -OCH3 is 2. The number of benzene rings is 1. The van der Waals surface area contributed by atoms with Crippen LogP contribution in [0.1, 0.15) is 13.8 Å². The van der Waals surface area contributed by atoms with Gasteiger partial charge in [-0.3, -0.25) is 9.59 Å². The van der Waals surface area contributed by atoms with Crippen molar-refractivity contribution in [3.63, 3.8) is 0 Å². The van der Waals surface area contributed by atoms with E-state index in [2.05, 4.69) is 10.4 Å². The molecule has 27 heavy (non-hydrogen) atoms. The van der Waals surface area contributed by atoms with E-state index in [-0.39, 0.29) is 12.5 Å². The Morgan fingerprint density at radius 3 is 2.56 bits per heavy atom. The summed E-state index contributed by atoms with van der Waals surface area (Å²) < 4.78 is 10.9. The Kier molecular flexibility index (Phi) is 6.70. The van der Waals surface area contributed by atoms with Crippen LogP contribution in [0.2, 0.25) is 0 Å². The van der Waals surface area contributed by atoms with Crippen LogP contribution in [0, 0.1) is 5.92 Å². The molecule has 0 saturated heterocycles. The number of aromatic nitrogens is 2. The van der Waals surface area contributed by atoms with Crippen molar-refractivity contribution in [2.45, 2.75) is 26.4 Å². The summed E-state index contributed by atoms with van der Waals surface area (Å²) in [6.45, 7) is 3.27. The summed E-state index contributed by atoms with van der Waals surface area (Å²) in [6, 6.07) is 9.34. The average molecular weight is 373 g/mol. The van der Waals surface area contributed by atoms with Crippen LogP contribution in [-0.4, -0.2) is 41.9 Å². The predicted octanol–water partition coefficient (Wildman–Crippen LogP) is 1.23. The number of carbonyl (C=O) groups excluding carboxylic acids is 2. The van der Waals surface area contributed by atoms with Crippen molar-refractivity contribution in [1.82, 2.24) is 15.1 Å². The molecule has 0 spiro atoms. The molecule has 8 heteroatoms. The van der Waals surface area contributed by atoms with Crippen molar-refractivity contribution >= 4 is 11.9 Å². The molecule has 2 aromatic rings. The van der Waals surface area contributed by atoms with Gasteiger partial charge in [0, 0.05) is 11.6 Å². The van der Waals surface area contributed by atoms with Crippen LogP contribution in [0.25, 0.3) is 11.3 Å². The molecule has 1 heterocycles. The van der Waals surface area contributed by atoms with E-state index in [0.717, 1.165) is 10.2 Å². The van der Waals surface area contributed by atoms with Crippen LogP contribution >= 0.6 is 0 Å². The van der Waals surface area contributed by atoms with Gasteiger partial charge in [0.2, 0.25) is 5.91 Å². The maximum atomic E-state index is 12.3. The molecule has 0 aliphatic heterocycles. The van der Waals surface area contributed by atoms with Crippen molar-refractivity contribution in [1.29, 1.82) is 0 Å². The van der Waals surface area contributed by atoms with Crippen molar-refractivity contribution in [2.24, 2.45) is 5.92 Å². The molecule has 1 amide bonds. The highest BCUT2D eigenvalue weighted by atomic mass is 16.5. The highest BCUT2D eigenvalue weighted by molar-refractivity contribution is 5.84. The van der Waals surface area contributed by atoms with Gasteiger partial charge < -0.3 is 14.8 Å². The van der Waals surface area contributed by atoms with E-state index < -0.39 is 23.5 Å². The van der Waals surface area contributed by atoms with Crippen molar-refractivity contribution in [3.05, 3.63) is 46.8 Å².